The van der Waals surface area contributed by atoms with Crippen LogP contribution in [0.2, 0.25) is 0 Å². The second kappa shape index (κ2) is 13.1. The quantitative estimate of drug-likeness (QED) is 0.174. The molecule has 0 unspecified atom stereocenters. The fourth-order valence-electron chi connectivity index (χ4n) is 9.13. The van der Waals surface area contributed by atoms with Crippen LogP contribution in [0.25, 0.3) is 108 Å². The fourth-order valence-corrected chi connectivity index (χ4v) is 11.3. The third-order valence-corrected chi connectivity index (χ3v) is 14.5. The number of rotatable bonds is 5. The molecule has 0 aliphatic heterocycles. The van der Waals surface area contributed by atoms with Crippen LogP contribution in [-0.4, -0.2) is 15.0 Å². The van der Waals surface area contributed by atoms with Gasteiger partial charge >= 0.3 is 0 Å². The highest BCUT2D eigenvalue weighted by Crippen LogP contribution is 2.51. The summed E-state index contributed by atoms with van der Waals surface area (Å²) in [4.78, 5) is 15.7. The molecule has 3 heterocycles. The second-order valence-corrected chi connectivity index (χ2v) is 18.1. The molecular formula is C54H35N3S2. The molecule has 0 N–H and O–H groups in total. The Labute approximate surface area is 350 Å². The van der Waals surface area contributed by atoms with Gasteiger partial charge in [0.25, 0.3) is 0 Å². The molecule has 0 saturated carbocycles. The first-order valence-corrected chi connectivity index (χ1v) is 21.6. The standard InChI is InChI=1S/C54H35N3S2/c1-54(2)44-14-6-3-12-40(44)50-41(13-9-15-45(50)54)53-56-51(34-22-18-32(19-23-34)36-26-28-48-42(30-36)38-10-4-7-16-46(38)58-48)55-52(57-53)35-24-20-33(21-25-35)37-27-29-49-43(31-37)39-11-5-8-17-47(39)59-49/h3-31H,1-2H3. The van der Waals surface area contributed by atoms with Crippen LogP contribution in [0.5, 0.6) is 0 Å². The predicted octanol–water partition coefficient (Wildman–Crippen LogP) is 15.2. The van der Waals surface area contributed by atoms with Gasteiger partial charge in [0, 0.05) is 62.4 Å². The molecule has 3 aromatic heterocycles. The van der Waals surface area contributed by atoms with Crippen molar-refractivity contribution in [3.63, 3.8) is 0 Å². The van der Waals surface area contributed by atoms with Crippen LogP contribution >= 0.6 is 22.7 Å². The van der Waals surface area contributed by atoms with E-state index in [9.17, 15) is 0 Å². The van der Waals surface area contributed by atoms with Crippen molar-refractivity contribution in [2.24, 2.45) is 0 Å². The van der Waals surface area contributed by atoms with E-state index in [1.165, 1.54) is 73.7 Å². The van der Waals surface area contributed by atoms with E-state index >= 15 is 0 Å². The summed E-state index contributed by atoms with van der Waals surface area (Å²) in [6.45, 7) is 4.62. The van der Waals surface area contributed by atoms with Gasteiger partial charge in [0.05, 0.1) is 0 Å². The molecule has 0 saturated heterocycles. The highest BCUT2D eigenvalue weighted by molar-refractivity contribution is 7.26. The Morgan fingerprint density at radius 3 is 1.34 bits per heavy atom. The van der Waals surface area contributed by atoms with Gasteiger partial charge in [-0.3, -0.25) is 0 Å². The van der Waals surface area contributed by atoms with Crippen molar-refractivity contribution in [2.75, 3.05) is 0 Å². The maximum Gasteiger partial charge on any atom is 0.164 e. The van der Waals surface area contributed by atoms with Crippen molar-refractivity contribution in [3.05, 3.63) is 187 Å². The molecule has 0 spiro atoms. The third kappa shape index (κ3) is 5.50. The molecule has 0 atom stereocenters. The third-order valence-electron chi connectivity index (χ3n) is 12.2. The highest BCUT2D eigenvalue weighted by Gasteiger charge is 2.37. The van der Waals surface area contributed by atoms with Crippen molar-refractivity contribution in [1.82, 2.24) is 15.0 Å². The largest absolute Gasteiger partial charge is 0.208 e. The molecular weight excluding hydrogens is 755 g/mol. The van der Waals surface area contributed by atoms with E-state index in [4.69, 9.17) is 15.0 Å². The summed E-state index contributed by atoms with van der Waals surface area (Å²) in [6.07, 6.45) is 0. The van der Waals surface area contributed by atoms with Crippen LogP contribution in [-0.2, 0) is 5.41 Å². The summed E-state index contributed by atoms with van der Waals surface area (Å²) >= 11 is 3.69. The molecule has 8 aromatic carbocycles. The maximum atomic E-state index is 5.26. The number of benzene rings is 8. The van der Waals surface area contributed by atoms with Crippen molar-refractivity contribution in [3.8, 4) is 67.5 Å². The number of nitrogens with zero attached hydrogens (tertiary/aromatic N) is 3. The summed E-state index contributed by atoms with van der Waals surface area (Å²) in [7, 11) is 0. The van der Waals surface area contributed by atoms with E-state index in [1.807, 2.05) is 22.7 Å². The van der Waals surface area contributed by atoms with Gasteiger partial charge in [0.15, 0.2) is 17.5 Å². The lowest BCUT2D eigenvalue weighted by atomic mass is 9.82. The lowest BCUT2D eigenvalue weighted by Crippen LogP contribution is -2.14. The van der Waals surface area contributed by atoms with Crippen LogP contribution in [0.15, 0.2) is 176 Å². The highest BCUT2D eigenvalue weighted by atomic mass is 32.1. The zero-order valence-electron chi connectivity index (χ0n) is 32.4. The monoisotopic (exact) mass is 789 g/mol. The smallest absolute Gasteiger partial charge is 0.164 e. The zero-order chi connectivity index (χ0) is 39.2. The first kappa shape index (κ1) is 34.3. The second-order valence-electron chi connectivity index (χ2n) is 16.0. The Balaban J connectivity index is 0.972. The average molecular weight is 790 g/mol. The van der Waals surface area contributed by atoms with Gasteiger partial charge in [-0.15, -0.1) is 22.7 Å². The van der Waals surface area contributed by atoms with E-state index in [-0.39, 0.29) is 5.41 Å². The van der Waals surface area contributed by atoms with Crippen LogP contribution < -0.4 is 0 Å². The Morgan fingerprint density at radius 2 is 0.763 bits per heavy atom. The molecule has 11 aromatic rings. The van der Waals surface area contributed by atoms with E-state index in [2.05, 4.69) is 190 Å². The van der Waals surface area contributed by atoms with Crippen molar-refractivity contribution < 1.29 is 0 Å². The molecule has 59 heavy (non-hydrogen) atoms. The zero-order valence-corrected chi connectivity index (χ0v) is 34.0. The van der Waals surface area contributed by atoms with E-state index in [0.717, 1.165) is 27.8 Å². The van der Waals surface area contributed by atoms with E-state index < -0.39 is 0 Å². The lowest BCUT2D eigenvalue weighted by Gasteiger charge is -2.21. The number of thiophene rings is 2. The Kier molecular flexibility index (Phi) is 7.62. The van der Waals surface area contributed by atoms with Crippen molar-refractivity contribution in [1.29, 1.82) is 0 Å². The fraction of sp³-hybridized carbons (Fsp3) is 0.0556. The molecule has 12 rings (SSSR count). The number of aromatic nitrogens is 3. The molecule has 0 bridgehead atoms. The summed E-state index contributed by atoms with van der Waals surface area (Å²) in [5, 5.41) is 5.20. The van der Waals surface area contributed by atoms with Gasteiger partial charge in [-0.1, -0.05) is 153 Å². The molecule has 278 valence electrons. The van der Waals surface area contributed by atoms with Crippen LogP contribution in [0.4, 0.5) is 0 Å². The number of fused-ring (bicyclic) bond motifs is 9. The predicted molar refractivity (Wildman–Crippen MR) is 250 cm³/mol. The molecule has 5 heteroatoms. The van der Waals surface area contributed by atoms with E-state index in [0.29, 0.717) is 17.5 Å². The van der Waals surface area contributed by atoms with Gasteiger partial charge in [-0.25, -0.2) is 15.0 Å². The van der Waals surface area contributed by atoms with Gasteiger partial charge in [-0.2, -0.15) is 0 Å². The van der Waals surface area contributed by atoms with Crippen LogP contribution in [0.1, 0.15) is 25.0 Å². The van der Waals surface area contributed by atoms with Crippen molar-refractivity contribution >= 4 is 63.0 Å². The Bertz CT molecular complexity index is 3290. The first-order chi connectivity index (χ1) is 29.0. The van der Waals surface area contributed by atoms with Crippen LogP contribution in [0.3, 0.4) is 0 Å². The number of hydrogen-bond donors (Lipinski definition) is 0. The average Bonchev–Trinajstić information content (AvgIpc) is 3.93. The number of hydrogen-bond acceptors (Lipinski definition) is 5. The lowest BCUT2D eigenvalue weighted by molar-refractivity contribution is 0.660. The molecule has 1 aliphatic rings. The summed E-state index contributed by atoms with van der Waals surface area (Å²) in [5.41, 5.74) is 12.5. The molecule has 0 radical (unpaired) electrons. The topological polar surface area (TPSA) is 38.7 Å². The molecule has 0 fully saturated rings. The SMILES string of the molecule is CC1(C)c2ccccc2-c2c(-c3nc(-c4ccc(-c5ccc6sc7ccccc7c6c5)cc4)nc(-c4ccc(-c5ccc6sc7ccccc7c6c5)cc4)n3)cccc21. The molecule has 3 nitrogen and oxygen atoms in total. The Morgan fingerprint density at radius 1 is 0.339 bits per heavy atom. The summed E-state index contributed by atoms with van der Waals surface area (Å²) < 4.78 is 5.24. The van der Waals surface area contributed by atoms with Gasteiger partial charge in [-0.05, 0) is 80.9 Å². The van der Waals surface area contributed by atoms with Gasteiger partial charge < -0.3 is 0 Å². The minimum Gasteiger partial charge on any atom is -0.208 e. The van der Waals surface area contributed by atoms with Gasteiger partial charge in [0.1, 0.15) is 0 Å². The van der Waals surface area contributed by atoms with Crippen LogP contribution in [0, 0.1) is 0 Å². The maximum absolute atomic E-state index is 5.26. The first-order valence-electron chi connectivity index (χ1n) is 20.0. The normalized spacial score (nSPS) is 13.1. The van der Waals surface area contributed by atoms with E-state index in [1.54, 1.807) is 0 Å². The summed E-state index contributed by atoms with van der Waals surface area (Å²) in [6, 6.07) is 63.6. The minimum absolute atomic E-state index is 0.136. The molecule has 0 amide bonds. The minimum atomic E-state index is -0.136. The Hall–Kier alpha value is -6.79. The molecule has 1 aliphatic carbocycles. The summed E-state index contributed by atoms with van der Waals surface area (Å²) in [5.74, 6) is 1.97. The van der Waals surface area contributed by atoms with Gasteiger partial charge in [0.2, 0.25) is 0 Å². The van der Waals surface area contributed by atoms with Crippen molar-refractivity contribution in [2.45, 2.75) is 19.3 Å².